The number of benzene rings is 2. The van der Waals surface area contributed by atoms with Crippen molar-refractivity contribution in [2.24, 2.45) is 0 Å². The van der Waals surface area contributed by atoms with Crippen molar-refractivity contribution in [1.82, 2.24) is 14.9 Å². The lowest BCUT2D eigenvalue weighted by Crippen LogP contribution is -2.39. The van der Waals surface area contributed by atoms with Crippen LogP contribution >= 0.6 is 11.6 Å². The van der Waals surface area contributed by atoms with Crippen LogP contribution in [0.25, 0.3) is 0 Å². The Morgan fingerprint density at radius 1 is 1.00 bits per heavy atom. The van der Waals surface area contributed by atoms with Gasteiger partial charge in [-0.15, -0.1) is 0 Å². The highest BCUT2D eigenvalue weighted by Gasteiger charge is 2.29. The molecule has 7 nitrogen and oxygen atoms in total. The maximum atomic E-state index is 13.8. The van der Waals surface area contributed by atoms with Crippen LogP contribution in [0.15, 0.2) is 42.5 Å². The third-order valence-electron chi connectivity index (χ3n) is 5.79. The molecule has 0 saturated carbocycles. The summed E-state index contributed by atoms with van der Waals surface area (Å²) in [6.07, 6.45) is 0.503. The number of amides is 1. The van der Waals surface area contributed by atoms with Gasteiger partial charge >= 0.3 is 0 Å². The van der Waals surface area contributed by atoms with E-state index < -0.39 is 11.6 Å². The fourth-order valence-corrected chi connectivity index (χ4v) is 4.09. The van der Waals surface area contributed by atoms with Crippen molar-refractivity contribution >= 4 is 23.5 Å². The van der Waals surface area contributed by atoms with E-state index in [2.05, 4.69) is 4.98 Å². The van der Waals surface area contributed by atoms with Crippen LogP contribution in [0, 0.1) is 11.6 Å². The number of aromatic nitrogens is 2. The van der Waals surface area contributed by atoms with Crippen molar-refractivity contribution in [3.8, 4) is 11.6 Å². The summed E-state index contributed by atoms with van der Waals surface area (Å²) in [5.41, 5.74) is 1.91. The van der Waals surface area contributed by atoms with Gasteiger partial charge in [0.1, 0.15) is 5.75 Å². The maximum Gasteiger partial charge on any atom is 0.254 e. The molecule has 2 aromatic carbocycles. The van der Waals surface area contributed by atoms with E-state index in [4.69, 9.17) is 26.1 Å². The van der Waals surface area contributed by atoms with E-state index in [1.807, 2.05) is 4.90 Å². The third kappa shape index (κ3) is 4.67. The van der Waals surface area contributed by atoms with Crippen LogP contribution in [0.3, 0.4) is 0 Å². The lowest BCUT2D eigenvalue weighted by atomic mass is 10.1. The Morgan fingerprint density at radius 3 is 2.50 bits per heavy atom. The molecule has 1 aromatic heterocycles. The van der Waals surface area contributed by atoms with Crippen LogP contribution in [-0.2, 0) is 17.7 Å². The first kappa shape index (κ1) is 22.5. The maximum absolute atomic E-state index is 13.8. The Labute approximate surface area is 199 Å². The molecule has 176 valence electrons. The first-order valence-electron chi connectivity index (χ1n) is 10.9. The Hall–Kier alpha value is -3.30. The predicted octanol–water partition coefficient (Wildman–Crippen LogP) is 4.24. The van der Waals surface area contributed by atoms with Gasteiger partial charge in [-0.3, -0.25) is 4.79 Å². The highest BCUT2D eigenvalue weighted by Crippen LogP contribution is 2.32. The lowest BCUT2D eigenvalue weighted by Gasteiger charge is -2.32. The Balaban J connectivity index is 1.48. The first-order valence-corrected chi connectivity index (χ1v) is 11.3. The number of hydrogen-bond acceptors (Lipinski definition) is 6. The molecule has 0 atom stereocenters. The molecule has 2 aliphatic heterocycles. The van der Waals surface area contributed by atoms with Gasteiger partial charge in [0.25, 0.3) is 5.91 Å². The summed E-state index contributed by atoms with van der Waals surface area (Å²) in [5, 5.41) is 0.548. The molecule has 2 aliphatic rings. The minimum atomic E-state index is -1.02. The number of hydrogen-bond donors (Lipinski definition) is 0. The number of ether oxygens (including phenoxy) is 2. The number of carbonyl (C=O) groups excluding carboxylic acids is 1. The average molecular weight is 487 g/mol. The number of morpholine rings is 1. The van der Waals surface area contributed by atoms with Gasteiger partial charge < -0.3 is 19.3 Å². The fraction of sp³-hybridized carbons (Fsp3) is 0.292. The van der Waals surface area contributed by atoms with Crippen molar-refractivity contribution in [3.63, 3.8) is 0 Å². The second kappa shape index (κ2) is 9.52. The number of nitrogens with zero attached hydrogens (tertiary/aromatic N) is 4. The summed E-state index contributed by atoms with van der Waals surface area (Å²) in [7, 11) is 0. The van der Waals surface area contributed by atoms with E-state index in [1.165, 1.54) is 6.07 Å². The van der Waals surface area contributed by atoms with Crippen LogP contribution in [0.5, 0.6) is 11.6 Å². The quantitative estimate of drug-likeness (QED) is 0.549. The molecule has 0 radical (unpaired) electrons. The first-order chi connectivity index (χ1) is 16.5. The molecule has 1 amide bonds. The second-order valence-corrected chi connectivity index (χ2v) is 8.45. The molecule has 34 heavy (non-hydrogen) atoms. The minimum absolute atomic E-state index is 0.105. The summed E-state index contributed by atoms with van der Waals surface area (Å²) < 4.78 is 38.6. The third-order valence-corrected chi connectivity index (χ3v) is 6.04. The Morgan fingerprint density at radius 2 is 1.76 bits per heavy atom. The number of fused-ring (bicyclic) bond motifs is 1. The number of rotatable bonds is 4. The lowest BCUT2D eigenvalue weighted by molar-refractivity contribution is 0.0731. The van der Waals surface area contributed by atoms with Gasteiger partial charge in [0.2, 0.25) is 11.8 Å². The Kier molecular flexibility index (Phi) is 6.30. The molecule has 3 aromatic rings. The van der Waals surface area contributed by atoms with E-state index >= 15 is 0 Å². The number of carbonyl (C=O) groups is 1. The normalized spacial score (nSPS) is 15.7. The van der Waals surface area contributed by atoms with Gasteiger partial charge in [-0.25, -0.2) is 13.8 Å². The van der Waals surface area contributed by atoms with Crippen molar-refractivity contribution < 1.29 is 23.0 Å². The zero-order chi connectivity index (χ0) is 23.7. The van der Waals surface area contributed by atoms with E-state index in [0.717, 1.165) is 17.8 Å². The average Bonchev–Trinajstić information content (AvgIpc) is 2.86. The topological polar surface area (TPSA) is 67.8 Å². The fourth-order valence-electron chi connectivity index (χ4n) is 3.96. The SMILES string of the molecule is O=C(c1ccc(Cl)cc1)N1CCc2nc(N3CCOCC3)nc(Oc3ccc(F)c(F)c3)c2C1. The van der Waals surface area contributed by atoms with Gasteiger partial charge in [-0.2, -0.15) is 4.98 Å². The Bertz CT molecular complexity index is 1220. The van der Waals surface area contributed by atoms with Gasteiger partial charge in [0.15, 0.2) is 11.6 Å². The van der Waals surface area contributed by atoms with Crippen LogP contribution in [0.2, 0.25) is 5.02 Å². The van der Waals surface area contributed by atoms with Crippen LogP contribution < -0.4 is 9.64 Å². The summed E-state index contributed by atoms with van der Waals surface area (Å²) in [4.78, 5) is 26.1. The summed E-state index contributed by atoms with van der Waals surface area (Å²) in [5.74, 6) is -1.34. The van der Waals surface area contributed by atoms with Crippen molar-refractivity contribution in [2.45, 2.75) is 13.0 Å². The molecule has 5 rings (SSSR count). The molecule has 3 heterocycles. The zero-order valence-electron chi connectivity index (χ0n) is 18.1. The molecule has 1 fully saturated rings. The summed E-state index contributed by atoms with van der Waals surface area (Å²) in [6.45, 7) is 3.07. The van der Waals surface area contributed by atoms with Crippen molar-refractivity contribution in [3.05, 3.63) is 75.9 Å². The molecule has 0 N–H and O–H groups in total. The van der Waals surface area contributed by atoms with Crippen molar-refractivity contribution in [1.29, 1.82) is 0 Å². The number of anilines is 1. The van der Waals surface area contributed by atoms with Gasteiger partial charge in [0, 0.05) is 42.7 Å². The largest absolute Gasteiger partial charge is 0.438 e. The summed E-state index contributed by atoms with van der Waals surface area (Å²) >= 11 is 5.95. The van der Waals surface area contributed by atoms with E-state index in [9.17, 15) is 13.6 Å². The molecule has 0 bridgehead atoms. The highest BCUT2D eigenvalue weighted by atomic mass is 35.5. The predicted molar refractivity (Wildman–Crippen MR) is 121 cm³/mol. The van der Waals surface area contributed by atoms with E-state index in [-0.39, 0.29) is 24.1 Å². The van der Waals surface area contributed by atoms with Gasteiger partial charge in [-0.1, -0.05) is 11.6 Å². The van der Waals surface area contributed by atoms with Gasteiger partial charge in [-0.05, 0) is 36.4 Å². The second-order valence-electron chi connectivity index (χ2n) is 8.02. The standard InChI is InChI=1S/C24H21ClF2N4O3/c25-16-3-1-15(2-4-16)23(32)31-8-7-21-18(14-31)22(34-17-5-6-19(26)20(27)13-17)29-24(28-21)30-9-11-33-12-10-30/h1-6,13H,7-12,14H2. The van der Waals surface area contributed by atoms with E-state index in [1.54, 1.807) is 29.2 Å². The highest BCUT2D eigenvalue weighted by molar-refractivity contribution is 6.30. The smallest absolute Gasteiger partial charge is 0.254 e. The molecular formula is C24H21ClF2N4O3. The van der Waals surface area contributed by atoms with Gasteiger partial charge in [0.05, 0.1) is 31.0 Å². The number of halogens is 3. The van der Waals surface area contributed by atoms with Crippen LogP contribution in [0.4, 0.5) is 14.7 Å². The van der Waals surface area contributed by atoms with Crippen molar-refractivity contribution in [2.75, 3.05) is 37.7 Å². The monoisotopic (exact) mass is 486 g/mol. The van der Waals surface area contributed by atoms with Crippen LogP contribution in [-0.4, -0.2) is 53.6 Å². The molecular weight excluding hydrogens is 466 g/mol. The molecule has 0 spiro atoms. The molecule has 0 unspecified atom stereocenters. The zero-order valence-corrected chi connectivity index (χ0v) is 18.9. The molecule has 10 heteroatoms. The molecule has 0 aliphatic carbocycles. The van der Waals surface area contributed by atoms with E-state index in [0.29, 0.717) is 61.4 Å². The molecule has 1 saturated heterocycles. The summed E-state index contributed by atoms with van der Waals surface area (Å²) in [6, 6.07) is 9.99. The van der Waals surface area contributed by atoms with Crippen LogP contribution in [0.1, 0.15) is 21.6 Å². The minimum Gasteiger partial charge on any atom is -0.438 e.